The molecule has 0 aromatic heterocycles. The minimum absolute atomic E-state index is 0.0183. The predicted molar refractivity (Wildman–Crippen MR) is 69.4 cm³/mol. The highest BCUT2D eigenvalue weighted by molar-refractivity contribution is 5.88. The van der Waals surface area contributed by atoms with Crippen molar-refractivity contribution in [2.75, 3.05) is 20.1 Å². The first-order chi connectivity index (χ1) is 8.97. The summed E-state index contributed by atoms with van der Waals surface area (Å²) in [5.41, 5.74) is 0. The second-order valence-corrected chi connectivity index (χ2v) is 4.98. The molecule has 1 saturated carbocycles. The molecule has 2 amide bonds. The van der Waals surface area contributed by atoms with Crippen LogP contribution in [0.2, 0.25) is 0 Å². The van der Waals surface area contributed by atoms with Crippen LogP contribution in [0.5, 0.6) is 0 Å². The van der Waals surface area contributed by atoms with E-state index in [2.05, 4.69) is 5.32 Å². The Morgan fingerprint density at radius 1 is 1.21 bits per heavy atom. The molecule has 6 heteroatoms. The van der Waals surface area contributed by atoms with Crippen molar-refractivity contribution in [1.82, 2.24) is 10.2 Å². The molecular weight excluding hydrogens is 248 g/mol. The Kier molecular flexibility index (Phi) is 5.79. The molecule has 0 heterocycles. The minimum Gasteiger partial charge on any atom is -0.481 e. The fourth-order valence-corrected chi connectivity index (χ4v) is 2.55. The second-order valence-electron chi connectivity index (χ2n) is 4.98. The number of rotatable bonds is 5. The molecule has 1 aliphatic rings. The van der Waals surface area contributed by atoms with Gasteiger partial charge in [-0.15, -0.1) is 0 Å². The van der Waals surface area contributed by atoms with E-state index in [-0.39, 0.29) is 18.4 Å². The normalized spacial score (nSPS) is 22.6. The van der Waals surface area contributed by atoms with Crippen molar-refractivity contribution in [3.63, 3.8) is 0 Å². The summed E-state index contributed by atoms with van der Waals surface area (Å²) in [7, 11) is 1.55. The number of carboxylic acid groups (broad SMARTS) is 1. The summed E-state index contributed by atoms with van der Waals surface area (Å²) in [6.45, 7) is 2.30. The number of carboxylic acids is 1. The van der Waals surface area contributed by atoms with Crippen molar-refractivity contribution in [2.24, 2.45) is 11.8 Å². The maximum absolute atomic E-state index is 12.2. The number of carbonyl (C=O) groups excluding carboxylic acids is 2. The Morgan fingerprint density at radius 3 is 2.32 bits per heavy atom. The quantitative estimate of drug-likeness (QED) is 0.760. The topological polar surface area (TPSA) is 86.7 Å². The molecule has 1 fully saturated rings. The van der Waals surface area contributed by atoms with Gasteiger partial charge in [0.05, 0.1) is 18.4 Å². The lowest BCUT2D eigenvalue weighted by atomic mass is 9.78. The molecule has 1 aliphatic carbocycles. The molecule has 2 N–H and O–H groups in total. The number of aliphatic carboxylic acids is 1. The summed E-state index contributed by atoms with van der Waals surface area (Å²) in [5.74, 6) is -2.48. The van der Waals surface area contributed by atoms with E-state index in [1.807, 2.05) is 0 Å². The van der Waals surface area contributed by atoms with Crippen molar-refractivity contribution in [3.8, 4) is 0 Å². The van der Waals surface area contributed by atoms with E-state index < -0.39 is 17.8 Å². The van der Waals surface area contributed by atoms with Crippen LogP contribution in [0.4, 0.5) is 0 Å². The summed E-state index contributed by atoms with van der Waals surface area (Å²) >= 11 is 0. The maximum atomic E-state index is 12.2. The molecule has 108 valence electrons. The maximum Gasteiger partial charge on any atom is 0.307 e. The average Bonchev–Trinajstić information content (AvgIpc) is 2.37. The monoisotopic (exact) mass is 270 g/mol. The van der Waals surface area contributed by atoms with Gasteiger partial charge in [0.2, 0.25) is 11.8 Å². The molecule has 0 saturated heterocycles. The van der Waals surface area contributed by atoms with E-state index in [0.717, 1.165) is 12.8 Å². The Morgan fingerprint density at radius 2 is 1.79 bits per heavy atom. The third kappa shape index (κ3) is 4.22. The van der Waals surface area contributed by atoms with Crippen molar-refractivity contribution >= 4 is 17.8 Å². The summed E-state index contributed by atoms with van der Waals surface area (Å²) in [5, 5.41) is 11.8. The Labute approximate surface area is 113 Å². The molecule has 0 radical (unpaired) electrons. The molecular formula is C13H22N2O4. The second kappa shape index (κ2) is 7.11. The molecule has 0 unspecified atom stereocenters. The number of nitrogens with one attached hydrogen (secondary N) is 1. The Hall–Kier alpha value is -1.59. The molecule has 0 spiro atoms. The van der Waals surface area contributed by atoms with E-state index in [1.165, 1.54) is 4.90 Å². The predicted octanol–water partition coefficient (Wildman–Crippen LogP) is 0.472. The SMILES string of the molecule is CCNC(=O)CN(C)C(=O)[C@@H]1CCCC[C@@H]1C(=O)O. The number of hydrogen-bond acceptors (Lipinski definition) is 3. The summed E-state index contributed by atoms with van der Waals surface area (Å²) < 4.78 is 0. The number of likely N-dealkylation sites (N-methyl/N-ethyl adjacent to an activating group) is 2. The highest BCUT2D eigenvalue weighted by atomic mass is 16.4. The van der Waals surface area contributed by atoms with Crippen LogP contribution in [-0.4, -0.2) is 47.9 Å². The standard InChI is InChI=1S/C13H22N2O4/c1-3-14-11(16)8-15(2)12(17)9-6-4-5-7-10(9)13(18)19/h9-10H,3-8H2,1-2H3,(H,14,16)(H,18,19)/t9-,10+/m1/s1. The van der Waals surface area contributed by atoms with Gasteiger partial charge in [-0.05, 0) is 19.8 Å². The number of nitrogens with zero attached hydrogens (tertiary/aromatic N) is 1. The van der Waals surface area contributed by atoms with Crippen LogP contribution in [0, 0.1) is 11.8 Å². The number of carbonyl (C=O) groups is 3. The summed E-state index contributed by atoms with van der Waals surface area (Å²) in [6, 6.07) is 0. The molecule has 2 atom stereocenters. The summed E-state index contributed by atoms with van der Waals surface area (Å²) in [4.78, 5) is 36.2. The first-order valence-electron chi connectivity index (χ1n) is 6.71. The van der Waals surface area contributed by atoms with Gasteiger partial charge in [-0.25, -0.2) is 0 Å². The third-order valence-corrected chi connectivity index (χ3v) is 3.53. The molecule has 0 aliphatic heterocycles. The number of amides is 2. The van der Waals surface area contributed by atoms with Crippen LogP contribution >= 0.6 is 0 Å². The van der Waals surface area contributed by atoms with Gasteiger partial charge in [0.25, 0.3) is 0 Å². The van der Waals surface area contributed by atoms with Crippen molar-refractivity contribution in [3.05, 3.63) is 0 Å². The molecule has 0 bridgehead atoms. The van der Waals surface area contributed by atoms with Crippen molar-refractivity contribution in [2.45, 2.75) is 32.6 Å². The molecule has 0 aromatic rings. The third-order valence-electron chi connectivity index (χ3n) is 3.53. The highest BCUT2D eigenvalue weighted by Gasteiger charge is 2.37. The van der Waals surface area contributed by atoms with E-state index in [9.17, 15) is 14.4 Å². The Balaban J connectivity index is 2.63. The molecule has 1 rings (SSSR count). The van der Waals surface area contributed by atoms with Gasteiger partial charge < -0.3 is 15.3 Å². The summed E-state index contributed by atoms with van der Waals surface area (Å²) in [6.07, 6.45) is 2.85. The largest absolute Gasteiger partial charge is 0.481 e. The van der Waals surface area contributed by atoms with Gasteiger partial charge in [0.1, 0.15) is 0 Å². The van der Waals surface area contributed by atoms with Crippen LogP contribution in [0.1, 0.15) is 32.6 Å². The number of hydrogen-bond donors (Lipinski definition) is 2. The van der Waals surface area contributed by atoms with Crippen LogP contribution in [-0.2, 0) is 14.4 Å². The minimum atomic E-state index is -0.913. The van der Waals surface area contributed by atoms with E-state index in [1.54, 1.807) is 14.0 Å². The lowest BCUT2D eigenvalue weighted by Gasteiger charge is -2.30. The smallest absolute Gasteiger partial charge is 0.307 e. The highest BCUT2D eigenvalue weighted by Crippen LogP contribution is 2.31. The van der Waals surface area contributed by atoms with Crippen molar-refractivity contribution in [1.29, 1.82) is 0 Å². The van der Waals surface area contributed by atoms with Gasteiger partial charge in [-0.2, -0.15) is 0 Å². The fraction of sp³-hybridized carbons (Fsp3) is 0.769. The van der Waals surface area contributed by atoms with E-state index in [0.29, 0.717) is 19.4 Å². The van der Waals surface area contributed by atoms with Crippen LogP contribution in [0.15, 0.2) is 0 Å². The van der Waals surface area contributed by atoms with Gasteiger partial charge in [0, 0.05) is 13.6 Å². The van der Waals surface area contributed by atoms with E-state index in [4.69, 9.17) is 5.11 Å². The lowest BCUT2D eigenvalue weighted by molar-refractivity contribution is -0.152. The molecule has 19 heavy (non-hydrogen) atoms. The zero-order valence-corrected chi connectivity index (χ0v) is 11.5. The van der Waals surface area contributed by atoms with Crippen LogP contribution in [0.25, 0.3) is 0 Å². The van der Waals surface area contributed by atoms with Gasteiger partial charge in [0.15, 0.2) is 0 Å². The van der Waals surface area contributed by atoms with Gasteiger partial charge in [-0.3, -0.25) is 14.4 Å². The first-order valence-corrected chi connectivity index (χ1v) is 6.71. The molecule has 0 aromatic carbocycles. The van der Waals surface area contributed by atoms with Crippen molar-refractivity contribution < 1.29 is 19.5 Å². The van der Waals surface area contributed by atoms with E-state index >= 15 is 0 Å². The van der Waals surface area contributed by atoms with Crippen LogP contribution < -0.4 is 5.32 Å². The van der Waals surface area contributed by atoms with Gasteiger partial charge >= 0.3 is 5.97 Å². The Bertz CT molecular complexity index is 357. The first kappa shape index (κ1) is 15.5. The van der Waals surface area contributed by atoms with Gasteiger partial charge in [-0.1, -0.05) is 12.8 Å². The van der Waals surface area contributed by atoms with Crippen LogP contribution in [0.3, 0.4) is 0 Å². The lowest BCUT2D eigenvalue weighted by Crippen LogP contribution is -2.44. The zero-order chi connectivity index (χ0) is 14.4. The zero-order valence-electron chi connectivity index (χ0n) is 11.5. The molecule has 6 nitrogen and oxygen atoms in total. The fourth-order valence-electron chi connectivity index (χ4n) is 2.55. The average molecular weight is 270 g/mol.